The second-order valence-electron chi connectivity index (χ2n) is 9.05. The predicted molar refractivity (Wildman–Crippen MR) is 119 cm³/mol. The lowest BCUT2D eigenvalue weighted by molar-refractivity contribution is -0.137. The van der Waals surface area contributed by atoms with Crippen LogP contribution in [0.25, 0.3) is 0 Å². The molecule has 1 N–H and O–H groups in total. The van der Waals surface area contributed by atoms with Crippen molar-refractivity contribution in [2.45, 2.75) is 63.6 Å². The summed E-state index contributed by atoms with van der Waals surface area (Å²) in [4.78, 5) is 19.4. The fourth-order valence-corrected chi connectivity index (χ4v) is 4.53. The number of carboxylic acids is 1. The first-order chi connectivity index (χ1) is 16.0. The topological polar surface area (TPSA) is 90.8 Å². The molecule has 1 unspecified atom stereocenters. The van der Waals surface area contributed by atoms with E-state index in [1.165, 1.54) is 7.11 Å². The van der Waals surface area contributed by atoms with Crippen LogP contribution >= 0.6 is 0 Å². The van der Waals surface area contributed by atoms with Crippen molar-refractivity contribution >= 4 is 5.97 Å². The molecule has 0 aliphatic heterocycles. The highest BCUT2D eigenvalue weighted by molar-refractivity contribution is 5.68. The molecule has 2 saturated carbocycles. The van der Waals surface area contributed by atoms with Gasteiger partial charge in [-0.15, -0.1) is 0 Å². The number of hydrogen-bond acceptors (Lipinski definition) is 6. The maximum atomic E-state index is 13.9. The Balaban J connectivity index is 1.23. The van der Waals surface area contributed by atoms with Crippen LogP contribution in [0.1, 0.15) is 62.0 Å². The van der Waals surface area contributed by atoms with Crippen LogP contribution < -0.4 is 9.47 Å². The molecule has 0 bridgehead atoms. The summed E-state index contributed by atoms with van der Waals surface area (Å²) in [5.41, 5.74) is 1.45. The normalized spacial score (nSPS) is 21.4. The van der Waals surface area contributed by atoms with Crippen LogP contribution in [0.4, 0.5) is 4.39 Å². The minimum absolute atomic E-state index is 0.0330. The number of nitrogens with zero attached hydrogens (tertiary/aromatic N) is 2. The van der Waals surface area contributed by atoms with Crippen molar-refractivity contribution < 1.29 is 28.5 Å². The first kappa shape index (κ1) is 23.4. The van der Waals surface area contributed by atoms with Crippen molar-refractivity contribution in [3.05, 3.63) is 47.5 Å². The third-order valence-electron chi connectivity index (χ3n) is 6.63. The number of hydrogen-bond donors (Lipinski definition) is 1. The van der Waals surface area contributed by atoms with Crippen molar-refractivity contribution in [1.29, 1.82) is 0 Å². The van der Waals surface area contributed by atoms with E-state index in [9.17, 15) is 14.3 Å². The zero-order valence-corrected chi connectivity index (χ0v) is 18.9. The Bertz CT molecular complexity index is 944. The molecule has 1 atom stereocenters. The molecule has 2 aliphatic rings. The van der Waals surface area contributed by atoms with Crippen molar-refractivity contribution in [2.75, 3.05) is 13.7 Å². The summed E-state index contributed by atoms with van der Waals surface area (Å²) in [6, 6.07) is 5.38. The van der Waals surface area contributed by atoms with Crippen molar-refractivity contribution in [3.8, 4) is 11.8 Å². The van der Waals surface area contributed by atoms with E-state index in [2.05, 4.69) is 9.97 Å². The molecule has 2 fully saturated rings. The second kappa shape index (κ2) is 10.9. The summed E-state index contributed by atoms with van der Waals surface area (Å²) < 4.78 is 30.9. The van der Waals surface area contributed by atoms with Gasteiger partial charge in [-0.3, -0.25) is 4.79 Å². The van der Waals surface area contributed by atoms with Gasteiger partial charge in [-0.1, -0.05) is 0 Å². The van der Waals surface area contributed by atoms with Gasteiger partial charge in [0.15, 0.2) is 0 Å². The fourth-order valence-electron chi connectivity index (χ4n) is 4.53. The number of aromatic nitrogens is 2. The van der Waals surface area contributed by atoms with E-state index in [-0.39, 0.29) is 30.9 Å². The minimum atomic E-state index is -0.768. The van der Waals surface area contributed by atoms with Crippen molar-refractivity contribution in [1.82, 2.24) is 9.97 Å². The lowest BCUT2D eigenvalue weighted by atomic mass is 9.88. The largest absolute Gasteiger partial charge is 0.481 e. The van der Waals surface area contributed by atoms with E-state index >= 15 is 0 Å². The molecule has 7 nitrogen and oxygen atoms in total. The quantitative estimate of drug-likeness (QED) is 0.520. The highest BCUT2D eigenvalue weighted by Gasteiger charge is 2.34. The van der Waals surface area contributed by atoms with E-state index in [0.717, 1.165) is 50.3 Å². The number of aliphatic carboxylic acids is 1. The third kappa shape index (κ3) is 6.63. The molecular weight excluding hydrogens is 427 g/mol. The van der Waals surface area contributed by atoms with Crippen LogP contribution in [-0.2, 0) is 16.1 Å². The second-order valence-corrected chi connectivity index (χ2v) is 9.05. The van der Waals surface area contributed by atoms with Crippen LogP contribution in [0.3, 0.4) is 0 Å². The lowest BCUT2D eigenvalue weighted by Gasteiger charge is -2.28. The van der Waals surface area contributed by atoms with Gasteiger partial charge in [0, 0.05) is 23.9 Å². The standard InChI is InChI=1S/C25H31FN2O5/c1-31-23-11-19(22(26)13-28-23)15-32-20-6-2-16(3-7-20)14-33-24-10-18(8-9-27-24)21(12-25(29)30)17-4-5-17/h8-11,13,16-17,20-21H,2-7,12,14-15H2,1H3,(H,29,30). The Morgan fingerprint density at radius 2 is 1.94 bits per heavy atom. The average Bonchev–Trinajstić information content (AvgIpc) is 3.67. The maximum Gasteiger partial charge on any atom is 0.303 e. The summed E-state index contributed by atoms with van der Waals surface area (Å²) in [7, 11) is 1.50. The molecule has 33 heavy (non-hydrogen) atoms. The van der Waals surface area contributed by atoms with E-state index in [1.54, 1.807) is 12.3 Å². The number of carbonyl (C=O) groups is 1. The summed E-state index contributed by atoms with van der Waals surface area (Å²) in [6.07, 6.45) is 9.01. The van der Waals surface area contributed by atoms with Gasteiger partial charge in [0.05, 0.1) is 39.0 Å². The van der Waals surface area contributed by atoms with E-state index in [0.29, 0.717) is 35.8 Å². The molecule has 2 heterocycles. The molecule has 2 aliphatic carbocycles. The third-order valence-corrected chi connectivity index (χ3v) is 6.63. The first-order valence-electron chi connectivity index (χ1n) is 11.6. The lowest BCUT2D eigenvalue weighted by Crippen LogP contribution is -2.25. The van der Waals surface area contributed by atoms with Crippen LogP contribution in [0, 0.1) is 17.7 Å². The zero-order chi connectivity index (χ0) is 23.2. The van der Waals surface area contributed by atoms with Crippen molar-refractivity contribution in [3.63, 3.8) is 0 Å². The Hall–Kier alpha value is -2.74. The SMILES string of the molecule is COc1cc(COC2CCC(COc3cc(C(CC(=O)O)C4CC4)ccn3)CC2)c(F)cn1. The highest BCUT2D eigenvalue weighted by Crippen LogP contribution is 2.44. The molecule has 2 aromatic rings. The summed E-state index contributed by atoms with van der Waals surface area (Å²) >= 11 is 0. The van der Waals surface area contributed by atoms with Crippen molar-refractivity contribution in [2.24, 2.45) is 11.8 Å². The monoisotopic (exact) mass is 458 g/mol. The molecule has 2 aromatic heterocycles. The van der Waals surface area contributed by atoms with Gasteiger partial charge in [-0.2, -0.15) is 0 Å². The van der Waals surface area contributed by atoms with Crippen LogP contribution in [-0.4, -0.2) is 40.9 Å². The maximum absolute atomic E-state index is 13.9. The van der Waals surface area contributed by atoms with Gasteiger partial charge < -0.3 is 19.3 Å². The molecule has 8 heteroatoms. The molecule has 0 radical (unpaired) electrons. The Morgan fingerprint density at radius 1 is 1.15 bits per heavy atom. The Kier molecular flexibility index (Phi) is 7.75. The molecule has 178 valence electrons. The number of methoxy groups -OCH3 is 1. The molecule has 0 spiro atoms. The van der Waals surface area contributed by atoms with Gasteiger partial charge in [0.1, 0.15) is 5.82 Å². The number of carboxylic acid groups (broad SMARTS) is 1. The molecule has 0 aromatic carbocycles. The molecular formula is C25H31FN2O5. The van der Waals surface area contributed by atoms with Crippen LogP contribution in [0.2, 0.25) is 0 Å². The van der Waals surface area contributed by atoms with E-state index < -0.39 is 5.97 Å². The van der Waals surface area contributed by atoms with Gasteiger partial charge in [0.25, 0.3) is 0 Å². The zero-order valence-electron chi connectivity index (χ0n) is 18.9. The van der Waals surface area contributed by atoms with Gasteiger partial charge in [-0.05, 0) is 67.9 Å². The summed E-state index contributed by atoms with van der Waals surface area (Å²) in [6.45, 7) is 0.776. The molecule has 0 saturated heterocycles. The van der Waals surface area contributed by atoms with Gasteiger partial charge >= 0.3 is 5.97 Å². The smallest absolute Gasteiger partial charge is 0.303 e. The predicted octanol–water partition coefficient (Wildman–Crippen LogP) is 4.75. The number of pyridine rings is 2. The average molecular weight is 459 g/mol. The molecule has 4 rings (SSSR count). The molecule has 0 amide bonds. The first-order valence-corrected chi connectivity index (χ1v) is 11.6. The minimum Gasteiger partial charge on any atom is -0.481 e. The summed E-state index contributed by atoms with van der Waals surface area (Å²) in [5, 5.41) is 9.24. The highest BCUT2D eigenvalue weighted by atomic mass is 19.1. The van der Waals surface area contributed by atoms with E-state index in [1.807, 2.05) is 12.1 Å². The van der Waals surface area contributed by atoms with Gasteiger partial charge in [0.2, 0.25) is 11.8 Å². The van der Waals surface area contributed by atoms with Crippen LogP contribution in [0.15, 0.2) is 30.6 Å². The summed E-state index contributed by atoms with van der Waals surface area (Å²) in [5.74, 6) is 0.671. The Labute approximate surface area is 193 Å². The van der Waals surface area contributed by atoms with Gasteiger partial charge in [-0.25, -0.2) is 14.4 Å². The number of halogens is 1. The Morgan fingerprint density at radius 3 is 2.64 bits per heavy atom. The number of ether oxygens (including phenoxy) is 3. The van der Waals surface area contributed by atoms with Crippen LogP contribution in [0.5, 0.6) is 11.8 Å². The number of rotatable bonds is 11. The fraction of sp³-hybridized carbons (Fsp3) is 0.560. The van der Waals surface area contributed by atoms with E-state index in [4.69, 9.17) is 14.2 Å².